The van der Waals surface area contributed by atoms with Crippen LogP contribution in [0.25, 0.3) is 6.08 Å². The summed E-state index contributed by atoms with van der Waals surface area (Å²) in [6.45, 7) is 2.13. The summed E-state index contributed by atoms with van der Waals surface area (Å²) in [5.74, 6) is -0.400. The molecule has 5 nitrogen and oxygen atoms in total. The fraction of sp³-hybridized carbons (Fsp3) is 0.471. The van der Waals surface area contributed by atoms with Crippen molar-refractivity contribution in [2.45, 2.75) is 32.0 Å². The van der Waals surface area contributed by atoms with Gasteiger partial charge in [-0.2, -0.15) is 0 Å². The number of aliphatic hydroxyl groups excluding tert-OH is 1. The van der Waals surface area contributed by atoms with Gasteiger partial charge in [0.25, 0.3) is 0 Å². The van der Waals surface area contributed by atoms with Crippen molar-refractivity contribution in [3.05, 3.63) is 41.7 Å². The lowest BCUT2D eigenvalue weighted by atomic mass is 10.1. The molecule has 2 unspecified atom stereocenters. The molecule has 0 bridgehead atoms. The summed E-state index contributed by atoms with van der Waals surface area (Å²) < 4.78 is 15.5. The van der Waals surface area contributed by atoms with Crippen LogP contribution < -0.4 is 0 Å². The summed E-state index contributed by atoms with van der Waals surface area (Å²) >= 11 is 0. The first-order valence-corrected chi connectivity index (χ1v) is 7.31. The molecule has 0 saturated heterocycles. The molecule has 1 aromatic carbocycles. The summed E-state index contributed by atoms with van der Waals surface area (Å²) in [4.78, 5) is 11.8. The van der Waals surface area contributed by atoms with E-state index < -0.39 is 12.1 Å². The molecule has 1 N–H and O–H groups in total. The van der Waals surface area contributed by atoms with Crippen molar-refractivity contribution in [2.75, 3.05) is 20.8 Å². The quantitative estimate of drug-likeness (QED) is 0.431. The second kappa shape index (κ2) is 9.97. The molecule has 122 valence electrons. The molecular weight excluding hydrogens is 284 g/mol. The average molecular weight is 308 g/mol. The molecule has 1 aromatic rings. The molecule has 22 heavy (non-hydrogen) atoms. The minimum atomic E-state index is -0.548. The van der Waals surface area contributed by atoms with E-state index in [4.69, 9.17) is 14.2 Å². The van der Waals surface area contributed by atoms with Crippen LogP contribution in [0.2, 0.25) is 0 Å². The molecular formula is C17H24O5. The topological polar surface area (TPSA) is 65.0 Å². The van der Waals surface area contributed by atoms with Crippen LogP contribution in [0.1, 0.15) is 25.3 Å². The number of aliphatic hydroxyl groups is 1. The highest BCUT2D eigenvalue weighted by Crippen LogP contribution is 2.12. The van der Waals surface area contributed by atoms with Crippen LogP contribution in [0.15, 0.2) is 36.1 Å². The molecule has 0 spiro atoms. The number of ether oxygens (including phenoxy) is 3. The normalized spacial score (nSPS) is 14.3. The molecule has 5 heteroatoms. The number of hydrogen-bond acceptors (Lipinski definition) is 5. The van der Waals surface area contributed by atoms with E-state index in [1.54, 1.807) is 13.2 Å². The van der Waals surface area contributed by atoms with Crippen LogP contribution in [0.5, 0.6) is 0 Å². The number of methoxy groups -OCH3 is 2. The van der Waals surface area contributed by atoms with Gasteiger partial charge in [-0.25, -0.2) is 4.79 Å². The van der Waals surface area contributed by atoms with Crippen molar-refractivity contribution < 1.29 is 24.1 Å². The van der Waals surface area contributed by atoms with Crippen molar-refractivity contribution in [3.8, 4) is 0 Å². The van der Waals surface area contributed by atoms with E-state index in [-0.39, 0.29) is 18.5 Å². The third-order valence-electron chi connectivity index (χ3n) is 3.29. The Labute approximate surface area is 131 Å². The largest absolute Gasteiger partial charge is 0.486 e. The third-order valence-corrected chi connectivity index (χ3v) is 3.29. The number of carbonyl (C=O) groups excluding carboxylic acids is 1. The van der Waals surface area contributed by atoms with Gasteiger partial charge in [-0.15, -0.1) is 0 Å². The summed E-state index contributed by atoms with van der Waals surface area (Å²) in [6, 6.07) is 9.38. The van der Waals surface area contributed by atoms with Crippen LogP contribution in [-0.2, 0) is 19.0 Å². The van der Waals surface area contributed by atoms with Gasteiger partial charge in [0.2, 0.25) is 5.76 Å². The predicted molar refractivity (Wildman–Crippen MR) is 84.1 cm³/mol. The number of carbonyl (C=O) groups is 1. The Hall–Kier alpha value is -1.85. The van der Waals surface area contributed by atoms with Crippen molar-refractivity contribution in [2.24, 2.45) is 0 Å². The van der Waals surface area contributed by atoms with E-state index in [1.165, 1.54) is 7.11 Å². The van der Waals surface area contributed by atoms with Crippen molar-refractivity contribution in [3.63, 3.8) is 0 Å². The Kier molecular flexibility index (Phi) is 8.25. The molecule has 0 aliphatic carbocycles. The van der Waals surface area contributed by atoms with E-state index in [2.05, 4.69) is 0 Å². The maximum Gasteiger partial charge on any atom is 0.373 e. The minimum absolute atomic E-state index is 0.134. The van der Waals surface area contributed by atoms with Crippen molar-refractivity contribution in [1.29, 1.82) is 0 Å². The van der Waals surface area contributed by atoms with Gasteiger partial charge < -0.3 is 19.3 Å². The van der Waals surface area contributed by atoms with E-state index in [0.717, 1.165) is 5.56 Å². The zero-order valence-electron chi connectivity index (χ0n) is 13.3. The fourth-order valence-electron chi connectivity index (χ4n) is 1.98. The summed E-state index contributed by atoms with van der Waals surface area (Å²) in [5.41, 5.74) is 0.847. The fourth-order valence-corrected chi connectivity index (χ4v) is 1.98. The smallest absolute Gasteiger partial charge is 0.373 e. The van der Waals surface area contributed by atoms with Gasteiger partial charge in [-0.05, 0) is 18.1 Å². The Morgan fingerprint density at radius 2 is 1.95 bits per heavy atom. The summed E-state index contributed by atoms with van der Waals surface area (Å²) in [5, 5.41) is 9.79. The Bertz CT molecular complexity index is 469. The number of esters is 1. The molecule has 0 fully saturated rings. The van der Waals surface area contributed by atoms with E-state index in [1.807, 2.05) is 37.3 Å². The lowest BCUT2D eigenvalue weighted by Crippen LogP contribution is -2.28. The van der Waals surface area contributed by atoms with Gasteiger partial charge in [-0.3, -0.25) is 0 Å². The second-order valence-corrected chi connectivity index (χ2v) is 4.80. The summed E-state index contributed by atoms with van der Waals surface area (Å²) in [7, 11) is 2.86. The van der Waals surface area contributed by atoms with Crippen molar-refractivity contribution >= 4 is 12.0 Å². The van der Waals surface area contributed by atoms with Gasteiger partial charge >= 0.3 is 5.97 Å². The Morgan fingerprint density at radius 3 is 2.50 bits per heavy atom. The molecule has 0 saturated carbocycles. The van der Waals surface area contributed by atoms with Gasteiger partial charge in [0, 0.05) is 13.5 Å². The number of benzene rings is 1. The first kappa shape index (κ1) is 18.2. The molecule has 2 atom stereocenters. The minimum Gasteiger partial charge on any atom is -0.486 e. The zero-order chi connectivity index (χ0) is 16.4. The van der Waals surface area contributed by atoms with E-state index >= 15 is 0 Å². The molecule has 0 heterocycles. The summed E-state index contributed by atoms with van der Waals surface area (Å²) in [6.07, 6.45) is 1.84. The highest BCUT2D eigenvalue weighted by molar-refractivity contribution is 5.91. The number of rotatable bonds is 9. The monoisotopic (exact) mass is 308 g/mol. The Balaban J connectivity index is 2.67. The first-order chi connectivity index (χ1) is 10.6. The standard InChI is InChI=1S/C17H24O5/c1-4-14(18)15(20-2)10-11-22-16(17(19)21-3)12-13-8-6-5-7-9-13/h5-9,12,14-15,18H,4,10-11H2,1-3H3. The van der Waals surface area contributed by atoms with E-state index in [9.17, 15) is 9.90 Å². The lowest BCUT2D eigenvalue weighted by Gasteiger charge is -2.20. The van der Waals surface area contributed by atoms with Crippen LogP contribution in [0.4, 0.5) is 0 Å². The third kappa shape index (κ3) is 5.87. The van der Waals surface area contributed by atoms with Gasteiger partial charge in [-0.1, -0.05) is 37.3 Å². The SMILES string of the molecule is CCC(O)C(CCOC(=Cc1ccccc1)C(=O)OC)OC. The van der Waals surface area contributed by atoms with Gasteiger partial charge in [0.1, 0.15) is 0 Å². The van der Waals surface area contributed by atoms with Gasteiger partial charge in [0.15, 0.2) is 0 Å². The highest BCUT2D eigenvalue weighted by Gasteiger charge is 2.18. The molecule has 0 aliphatic heterocycles. The maximum atomic E-state index is 11.8. The lowest BCUT2D eigenvalue weighted by molar-refractivity contribution is -0.140. The molecule has 0 amide bonds. The van der Waals surface area contributed by atoms with Crippen molar-refractivity contribution in [1.82, 2.24) is 0 Å². The predicted octanol–water partition coefficient (Wildman–Crippen LogP) is 2.39. The average Bonchev–Trinajstić information content (AvgIpc) is 2.57. The molecule has 1 rings (SSSR count). The molecule has 0 aliphatic rings. The first-order valence-electron chi connectivity index (χ1n) is 7.31. The molecule has 0 radical (unpaired) electrons. The molecule has 0 aromatic heterocycles. The van der Waals surface area contributed by atoms with Crippen LogP contribution >= 0.6 is 0 Å². The Morgan fingerprint density at radius 1 is 1.27 bits per heavy atom. The van der Waals surface area contributed by atoms with Crippen LogP contribution in [-0.4, -0.2) is 44.1 Å². The zero-order valence-corrected chi connectivity index (χ0v) is 13.3. The van der Waals surface area contributed by atoms with Gasteiger partial charge in [0.05, 0.1) is 25.9 Å². The van der Waals surface area contributed by atoms with Crippen LogP contribution in [0, 0.1) is 0 Å². The van der Waals surface area contributed by atoms with Crippen LogP contribution in [0.3, 0.4) is 0 Å². The number of hydrogen-bond donors (Lipinski definition) is 1. The maximum absolute atomic E-state index is 11.8. The van der Waals surface area contributed by atoms with E-state index in [0.29, 0.717) is 12.8 Å². The highest BCUT2D eigenvalue weighted by atomic mass is 16.6. The second-order valence-electron chi connectivity index (χ2n) is 4.80.